The molecule has 5 rings (SSSR count). The first-order valence-corrected chi connectivity index (χ1v) is 10.1. The number of aromatic amines is 1. The minimum absolute atomic E-state index is 0.0412. The third-order valence-electron chi connectivity index (χ3n) is 5.81. The van der Waals surface area contributed by atoms with Gasteiger partial charge >= 0.3 is 0 Å². The first-order chi connectivity index (χ1) is 14.2. The van der Waals surface area contributed by atoms with E-state index in [4.69, 9.17) is 0 Å². The molecular formula is C23H22N4O2. The molecule has 6 nitrogen and oxygen atoms in total. The van der Waals surface area contributed by atoms with Crippen LogP contribution < -0.4 is 10.9 Å². The first-order valence-electron chi connectivity index (χ1n) is 10.1. The van der Waals surface area contributed by atoms with Crippen LogP contribution in [0.25, 0.3) is 21.7 Å². The summed E-state index contributed by atoms with van der Waals surface area (Å²) in [7, 11) is 0. The molecule has 2 N–H and O–H groups in total. The Kier molecular flexibility index (Phi) is 4.39. The quantitative estimate of drug-likeness (QED) is 0.558. The Balaban J connectivity index is 1.46. The number of fused-ring (bicyclic) bond motifs is 2. The number of H-pyrrole nitrogens is 1. The standard InChI is InChI=1S/C23H22N4O2/c28-22(16-9-10-20-15(13-16)11-12-24-20)25-14-21-18-7-3-4-8-19(18)23(29)27(26-21)17-5-1-2-6-17/h3-4,7-13,17,24H,1-2,5-6,14H2,(H,25,28). The van der Waals surface area contributed by atoms with Crippen LogP contribution in [0.2, 0.25) is 0 Å². The van der Waals surface area contributed by atoms with Crippen molar-refractivity contribution in [2.75, 3.05) is 0 Å². The van der Waals surface area contributed by atoms with Crippen LogP contribution >= 0.6 is 0 Å². The van der Waals surface area contributed by atoms with Gasteiger partial charge in [0.05, 0.1) is 23.7 Å². The van der Waals surface area contributed by atoms with E-state index in [9.17, 15) is 9.59 Å². The molecule has 1 amide bonds. The highest BCUT2D eigenvalue weighted by atomic mass is 16.1. The van der Waals surface area contributed by atoms with E-state index in [0.717, 1.165) is 47.7 Å². The van der Waals surface area contributed by atoms with Gasteiger partial charge in [0.15, 0.2) is 0 Å². The molecule has 29 heavy (non-hydrogen) atoms. The number of benzene rings is 2. The molecule has 0 saturated heterocycles. The molecule has 1 fully saturated rings. The van der Waals surface area contributed by atoms with Crippen molar-refractivity contribution in [1.82, 2.24) is 20.1 Å². The summed E-state index contributed by atoms with van der Waals surface area (Å²) in [6, 6.07) is 15.2. The van der Waals surface area contributed by atoms with Crippen molar-refractivity contribution in [1.29, 1.82) is 0 Å². The van der Waals surface area contributed by atoms with Crippen LogP contribution in [0, 0.1) is 0 Å². The minimum atomic E-state index is -0.155. The number of carbonyl (C=O) groups is 1. The van der Waals surface area contributed by atoms with Crippen LogP contribution in [-0.2, 0) is 6.54 Å². The largest absolute Gasteiger partial charge is 0.361 e. The number of amides is 1. The molecule has 0 aliphatic heterocycles. The number of hydrogen-bond acceptors (Lipinski definition) is 3. The molecule has 4 aromatic rings. The van der Waals surface area contributed by atoms with E-state index in [1.54, 1.807) is 10.7 Å². The Bertz CT molecular complexity index is 1260. The van der Waals surface area contributed by atoms with Gasteiger partial charge in [-0.3, -0.25) is 9.59 Å². The fraction of sp³-hybridized carbons (Fsp3) is 0.261. The van der Waals surface area contributed by atoms with Crippen LogP contribution in [0.4, 0.5) is 0 Å². The van der Waals surface area contributed by atoms with Crippen LogP contribution in [0.1, 0.15) is 47.8 Å². The van der Waals surface area contributed by atoms with Crippen molar-refractivity contribution in [3.63, 3.8) is 0 Å². The molecule has 146 valence electrons. The lowest BCUT2D eigenvalue weighted by atomic mass is 10.1. The SMILES string of the molecule is O=C(NCc1nn(C2CCCC2)c(=O)c2ccccc12)c1ccc2[nH]ccc2c1. The number of nitrogens with zero attached hydrogens (tertiary/aromatic N) is 2. The van der Waals surface area contributed by atoms with Gasteiger partial charge in [0.25, 0.3) is 11.5 Å². The summed E-state index contributed by atoms with van der Waals surface area (Å²) in [6.45, 7) is 0.275. The van der Waals surface area contributed by atoms with E-state index in [1.165, 1.54) is 0 Å². The molecule has 2 heterocycles. The average Bonchev–Trinajstić information content (AvgIpc) is 3.44. The Morgan fingerprint density at radius 1 is 1.10 bits per heavy atom. The predicted molar refractivity (Wildman–Crippen MR) is 113 cm³/mol. The highest BCUT2D eigenvalue weighted by molar-refractivity contribution is 5.98. The Labute approximate surface area is 167 Å². The maximum atomic E-state index is 12.9. The maximum absolute atomic E-state index is 12.9. The van der Waals surface area contributed by atoms with Gasteiger partial charge in [0, 0.05) is 28.0 Å². The van der Waals surface area contributed by atoms with Crippen LogP contribution in [-0.4, -0.2) is 20.7 Å². The second-order valence-corrected chi connectivity index (χ2v) is 7.64. The lowest BCUT2D eigenvalue weighted by Gasteiger charge is -2.16. The molecule has 1 saturated carbocycles. The lowest BCUT2D eigenvalue weighted by Crippen LogP contribution is -2.30. The van der Waals surface area contributed by atoms with E-state index in [-0.39, 0.29) is 24.1 Å². The summed E-state index contributed by atoms with van der Waals surface area (Å²) in [5, 5.41) is 10.1. The topological polar surface area (TPSA) is 79.8 Å². The predicted octanol–water partition coefficient (Wildman–Crippen LogP) is 3.92. The molecule has 0 atom stereocenters. The highest BCUT2D eigenvalue weighted by Crippen LogP contribution is 2.28. The van der Waals surface area contributed by atoms with Gasteiger partial charge in [-0.25, -0.2) is 4.68 Å². The molecule has 2 aromatic carbocycles. The first kappa shape index (κ1) is 17.7. The summed E-state index contributed by atoms with van der Waals surface area (Å²) in [5.74, 6) is -0.155. The second kappa shape index (κ2) is 7.20. The van der Waals surface area contributed by atoms with Gasteiger partial charge in [-0.2, -0.15) is 5.10 Å². The van der Waals surface area contributed by atoms with Crippen molar-refractivity contribution in [2.45, 2.75) is 38.3 Å². The smallest absolute Gasteiger partial charge is 0.274 e. The van der Waals surface area contributed by atoms with E-state index in [1.807, 2.05) is 48.7 Å². The molecule has 0 spiro atoms. The number of rotatable bonds is 4. The van der Waals surface area contributed by atoms with Gasteiger partial charge in [-0.1, -0.05) is 31.0 Å². The highest BCUT2D eigenvalue weighted by Gasteiger charge is 2.21. The van der Waals surface area contributed by atoms with Crippen LogP contribution in [0.5, 0.6) is 0 Å². The molecule has 0 bridgehead atoms. The van der Waals surface area contributed by atoms with Crippen LogP contribution in [0.3, 0.4) is 0 Å². The van der Waals surface area contributed by atoms with Crippen LogP contribution in [0.15, 0.2) is 59.5 Å². The van der Waals surface area contributed by atoms with Crippen molar-refractivity contribution < 1.29 is 4.79 Å². The summed E-state index contributed by atoms with van der Waals surface area (Å²) in [4.78, 5) is 28.8. The van der Waals surface area contributed by atoms with Gasteiger partial charge in [-0.05, 0) is 43.2 Å². The Morgan fingerprint density at radius 3 is 2.72 bits per heavy atom. The number of carbonyl (C=O) groups excluding carboxylic acids is 1. The monoisotopic (exact) mass is 386 g/mol. The second-order valence-electron chi connectivity index (χ2n) is 7.64. The molecule has 0 unspecified atom stereocenters. The summed E-state index contributed by atoms with van der Waals surface area (Å²) < 4.78 is 1.64. The molecule has 1 aliphatic carbocycles. The van der Waals surface area contributed by atoms with Crippen molar-refractivity contribution in [3.8, 4) is 0 Å². The van der Waals surface area contributed by atoms with E-state index in [2.05, 4.69) is 15.4 Å². The van der Waals surface area contributed by atoms with Crippen molar-refractivity contribution in [3.05, 3.63) is 76.3 Å². The van der Waals surface area contributed by atoms with Gasteiger partial charge in [-0.15, -0.1) is 0 Å². The van der Waals surface area contributed by atoms with Crippen molar-refractivity contribution in [2.24, 2.45) is 0 Å². The maximum Gasteiger partial charge on any atom is 0.274 e. The Hall–Kier alpha value is -3.41. The van der Waals surface area contributed by atoms with Gasteiger partial charge in [0.2, 0.25) is 0 Å². The molecule has 1 aliphatic rings. The lowest BCUT2D eigenvalue weighted by molar-refractivity contribution is 0.0950. The van der Waals surface area contributed by atoms with Crippen molar-refractivity contribution >= 4 is 27.6 Å². The normalized spacial score (nSPS) is 14.6. The molecule has 2 aromatic heterocycles. The summed E-state index contributed by atoms with van der Waals surface area (Å²) in [5.41, 5.74) is 2.28. The summed E-state index contributed by atoms with van der Waals surface area (Å²) >= 11 is 0. The Morgan fingerprint density at radius 2 is 1.90 bits per heavy atom. The number of aromatic nitrogens is 3. The third kappa shape index (κ3) is 3.20. The zero-order valence-electron chi connectivity index (χ0n) is 16.0. The third-order valence-corrected chi connectivity index (χ3v) is 5.81. The fourth-order valence-electron chi connectivity index (χ4n) is 4.26. The summed E-state index contributed by atoms with van der Waals surface area (Å²) in [6.07, 6.45) is 6.06. The number of nitrogens with one attached hydrogen (secondary N) is 2. The molecule has 0 radical (unpaired) electrons. The van der Waals surface area contributed by atoms with E-state index < -0.39 is 0 Å². The van der Waals surface area contributed by atoms with Gasteiger partial charge < -0.3 is 10.3 Å². The minimum Gasteiger partial charge on any atom is -0.361 e. The van der Waals surface area contributed by atoms with E-state index in [0.29, 0.717) is 10.9 Å². The molecular weight excluding hydrogens is 364 g/mol. The zero-order chi connectivity index (χ0) is 19.8. The average molecular weight is 386 g/mol. The molecule has 6 heteroatoms. The van der Waals surface area contributed by atoms with Gasteiger partial charge in [0.1, 0.15) is 0 Å². The van der Waals surface area contributed by atoms with E-state index >= 15 is 0 Å². The fourth-order valence-corrected chi connectivity index (χ4v) is 4.26. The number of hydrogen-bond donors (Lipinski definition) is 2. The zero-order valence-corrected chi connectivity index (χ0v) is 16.0.